The number of hydrogen-bond donors (Lipinski definition) is 2. The Bertz CT molecular complexity index is 887. The molecule has 1 saturated heterocycles. The van der Waals surface area contributed by atoms with Crippen molar-refractivity contribution in [3.05, 3.63) is 71.5 Å². The van der Waals surface area contributed by atoms with Gasteiger partial charge in [0.1, 0.15) is 31.9 Å². The topological polar surface area (TPSA) is 61.7 Å². The van der Waals surface area contributed by atoms with Gasteiger partial charge in [-0.2, -0.15) is 0 Å². The fraction of sp³-hybridized carbons (Fsp3) is 0.409. The molecule has 29 heavy (non-hydrogen) atoms. The van der Waals surface area contributed by atoms with Crippen molar-refractivity contribution >= 4 is 0 Å². The van der Waals surface area contributed by atoms with Gasteiger partial charge in [0.2, 0.25) is 5.82 Å². The van der Waals surface area contributed by atoms with Crippen molar-refractivity contribution in [2.24, 2.45) is 0 Å². The molecule has 2 heterocycles. The second kappa shape index (κ2) is 9.15. The molecular formula is C22H30N6O+2. The minimum Gasteiger partial charge on any atom is -0.494 e. The van der Waals surface area contributed by atoms with Gasteiger partial charge in [-0.1, -0.05) is 30.3 Å². The molecule has 152 valence electrons. The fourth-order valence-electron chi connectivity index (χ4n) is 4.06. The molecule has 0 bridgehead atoms. The Morgan fingerprint density at radius 2 is 1.72 bits per heavy atom. The molecule has 3 aromatic rings. The summed E-state index contributed by atoms with van der Waals surface area (Å²) < 4.78 is 7.59. The predicted molar refractivity (Wildman–Crippen MR) is 110 cm³/mol. The van der Waals surface area contributed by atoms with Crippen molar-refractivity contribution in [2.45, 2.75) is 19.5 Å². The van der Waals surface area contributed by atoms with E-state index in [1.165, 1.54) is 16.0 Å². The van der Waals surface area contributed by atoms with Crippen LogP contribution in [0, 0.1) is 0 Å². The van der Waals surface area contributed by atoms with Gasteiger partial charge >= 0.3 is 0 Å². The summed E-state index contributed by atoms with van der Waals surface area (Å²) in [5.74, 6) is 1.82. The number of rotatable bonds is 7. The van der Waals surface area contributed by atoms with Crippen molar-refractivity contribution < 1.29 is 14.5 Å². The third-order valence-electron chi connectivity index (χ3n) is 5.67. The van der Waals surface area contributed by atoms with E-state index in [2.05, 4.69) is 71.1 Å². The van der Waals surface area contributed by atoms with Crippen LogP contribution in [0.15, 0.2) is 54.6 Å². The molecule has 1 fully saturated rings. The quantitative estimate of drug-likeness (QED) is 0.574. The lowest BCUT2D eigenvalue weighted by molar-refractivity contribution is -1.02. The summed E-state index contributed by atoms with van der Waals surface area (Å²) in [6, 6.07) is 18.9. The van der Waals surface area contributed by atoms with E-state index in [1.807, 2.05) is 17.7 Å². The third-order valence-corrected chi connectivity index (χ3v) is 5.67. The molecule has 0 unspecified atom stereocenters. The standard InChI is InChI=1S/C22H28N6O/c1-3-29-20-11-9-19(10-12-20)21(27-15-13-26(2)14-16-27)22-23-24-25-28(22)17-18-7-5-4-6-8-18/h4-12,21H,3,13-17H2,1-2H3/p+2/t21-/m0/s1. The summed E-state index contributed by atoms with van der Waals surface area (Å²) in [6.07, 6.45) is 0. The summed E-state index contributed by atoms with van der Waals surface area (Å²) in [6.45, 7) is 7.86. The molecule has 1 aliphatic rings. The second-order valence-corrected chi connectivity index (χ2v) is 7.73. The minimum atomic E-state index is 0.109. The summed E-state index contributed by atoms with van der Waals surface area (Å²) in [5, 5.41) is 12.9. The highest BCUT2D eigenvalue weighted by molar-refractivity contribution is 5.31. The number of ether oxygens (including phenoxy) is 1. The zero-order valence-electron chi connectivity index (χ0n) is 17.2. The molecule has 7 nitrogen and oxygen atoms in total. The molecule has 1 atom stereocenters. The normalized spacial score (nSPS) is 20.3. The maximum absolute atomic E-state index is 5.64. The summed E-state index contributed by atoms with van der Waals surface area (Å²) in [5.41, 5.74) is 2.43. The lowest BCUT2D eigenvalue weighted by Gasteiger charge is -2.32. The first-order chi connectivity index (χ1) is 14.2. The summed E-state index contributed by atoms with van der Waals surface area (Å²) >= 11 is 0. The zero-order chi connectivity index (χ0) is 20.1. The van der Waals surface area contributed by atoms with Crippen LogP contribution in [-0.2, 0) is 6.54 Å². The largest absolute Gasteiger partial charge is 0.494 e. The molecule has 7 heteroatoms. The molecule has 0 amide bonds. The number of nitrogens with one attached hydrogen (secondary N) is 2. The van der Waals surface area contributed by atoms with Crippen LogP contribution in [0.4, 0.5) is 0 Å². The molecule has 2 N–H and O–H groups in total. The van der Waals surface area contributed by atoms with Crippen molar-refractivity contribution in [1.29, 1.82) is 0 Å². The van der Waals surface area contributed by atoms with Gasteiger partial charge in [-0.3, -0.25) is 0 Å². The lowest BCUT2D eigenvalue weighted by Crippen LogP contribution is -3.27. The third kappa shape index (κ3) is 4.63. The maximum Gasteiger partial charge on any atom is 0.214 e. The SMILES string of the molecule is CCOc1ccc([C@@H](c2nnnn2Cc2ccccc2)[NH+]2CC[NH+](C)CC2)cc1. The Morgan fingerprint density at radius 1 is 1.00 bits per heavy atom. The molecule has 1 aliphatic heterocycles. The Morgan fingerprint density at radius 3 is 2.41 bits per heavy atom. The van der Waals surface area contributed by atoms with Crippen LogP contribution >= 0.6 is 0 Å². The molecule has 1 aromatic heterocycles. The van der Waals surface area contributed by atoms with Gasteiger partial charge in [0, 0.05) is 5.56 Å². The average Bonchev–Trinajstić information content (AvgIpc) is 3.19. The predicted octanol–water partition coefficient (Wildman–Crippen LogP) is -0.377. The highest BCUT2D eigenvalue weighted by Gasteiger charge is 2.34. The van der Waals surface area contributed by atoms with Crippen LogP contribution < -0.4 is 14.5 Å². The number of quaternary nitrogens is 2. The number of benzene rings is 2. The van der Waals surface area contributed by atoms with Gasteiger partial charge in [-0.05, 0) is 47.2 Å². The Labute approximate surface area is 171 Å². The summed E-state index contributed by atoms with van der Waals surface area (Å²) in [4.78, 5) is 3.10. The van der Waals surface area contributed by atoms with Crippen LogP contribution in [0.5, 0.6) is 5.75 Å². The molecule has 0 saturated carbocycles. The van der Waals surface area contributed by atoms with Crippen molar-refractivity contribution in [3.8, 4) is 5.75 Å². The monoisotopic (exact) mass is 394 g/mol. The number of hydrogen-bond acceptors (Lipinski definition) is 4. The number of likely N-dealkylation sites (N-methyl/N-ethyl adjacent to an activating group) is 1. The minimum absolute atomic E-state index is 0.109. The van der Waals surface area contributed by atoms with E-state index in [9.17, 15) is 0 Å². The highest BCUT2D eigenvalue weighted by atomic mass is 16.5. The fourth-order valence-corrected chi connectivity index (χ4v) is 4.06. The van der Waals surface area contributed by atoms with E-state index in [0.29, 0.717) is 13.2 Å². The first-order valence-electron chi connectivity index (χ1n) is 10.4. The van der Waals surface area contributed by atoms with Crippen LogP contribution in [-0.4, -0.2) is 60.0 Å². The zero-order valence-corrected chi connectivity index (χ0v) is 17.2. The Kier molecular flexibility index (Phi) is 6.17. The first kappa shape index (κ1) is 19.5. The van der Waals surface area contributed by atoms with E-state index in [-0.39, 0.29) is 6.04 Å². The highest BCUT2D eigenvalue weighted by Crippen LogP contribution is 2.21. The smallest absolute Gasteiger partial charge is 0.214 e. The maximum atomic E-state index is 5.64. The first-order valence-corrected chi connectivity index (χ1v) is 10.4. The number of tetrazole rings is 1. The molecule has 0 radical (unpaired) electrons. The van der Waals surface area contributed by atoms with Crippen LogP contribution in [0.1, 0.15) is 29.9 Å². The van der Waals surface area contributed by atoms with Crippen LogP contribution in [0.2, 0.25) is 0 Å². The molecule has 2 aromatic carbocycles. The molecular weight excluding hydrogens is 364 g/mol. The van der Waals surface area contributed by atoms with E-state index in [1.54, 1.807) is 4.90 Å². The van der Waals surface area contributed by atoms with Gasteiger partial charge in [0.15, 0.2) is 6.04 Å². The van der Waals surface area contributed by atoms with E-state index >= 15 is 0 Å². The van der Waals surface area contributed by atoms with Gasteiger partial charge in [0.25, 0.3) is 0 Å². The Balaban J connectivity index is 1.66. The van der Waals surface area contributed by atoms with Gasteiger partial charge in [0.05, 0.1) is 20.2 Å². The summed E-state index contributed by atoms with van der Waals surface area (Å²) in [7, 11) is 2.27. The number of piperazine rings is 1. The molecule has 0 spiro atoms. The van der Waals surface area contributed by atoms with E-state index in [0.717, 1.165) is 37.8 Å². The van der Waals surface area contributed by atoms with Crippen molar-refractivity contribution in [2.75, 3.05) is 39.8 Å². The Hall–Kier alpha value is -2.77. The number of nitrogens with zero attached hydrogens (tertiary/aromatic N) is 4. The average molecular weight is 395 g/mol. The molecule has 0 aliphatic carbocycles. The van der Waals surface area contributed by atoms with Crippen LogP contribution in [0.3, 0.4) is 0 Å². The van der Waals surface area contributed by atoms with Gasteiger partial charge < -0.3 is 14.5 Å². The van der Waals surface area contributed by atoms with Crippen LogP contribution in [0.25, 0.3) is 0 Å². The van der Waals surface area contributed by atoms with Crippen molar-refractivity contribution in [1.82, 2.24) is 20.2 Å². The van der Waals surface area contributed by atoms with Gasteiger partial charge in [-0.25, -0.2) is 4.68 Å². The second-order valence-electron chi connectivity index (χ2n) is 7.73. The molecule has 4 rings (SSSR count). The van der Waals surface area contributed by atoms with E-state index < -0.39 is 0 Å². The van der Waals surface area contributed by atoms with Gasteiger partial charge in [-0.15, -0.1) is 5.10 Å². The lowest BCUT2D eigenvalue weighted by atomic mass is 10.0. The van der Waals surface area contributed by atoms with E-state index in [4.69, 9.17) is 4.74 Å². The van der Waals surface area contributed by atoms with Crippen molar-refractivity contribution in [3.63, 3.8) is 0 Å². The number of aromatic nitrogens is 4.